The first-order chi connectivity index (χ1) is 9.11. The van der Waals surface area contributed by atoms with Crippen LogP contribution < -0.4 is 10.1 Å². The molecule has 1 aromatic carbocycles. The maximum absolute atomic E-state index is 11.7. The maximum Gasteiger partial charge on any atom is 0.324 e. The van der Waals surface area contributed by atoms with Crippen LogP contribution in [0.1, 0.15) is 5.56 Å². The third-order valence-corrected chi connectivity index (χ3v) is 2.87. The fraction of sp³-hybridized carbons (Fsp3) is 0.250. The minimum absolute atomic E-state index is 0.248. The number of amides is 3. The van der Waals surface area contributed by atoms with E-state index >= 15 is 0 Å². The molecule has 1 N–H and O–H groups in total. The van der Waals surface area contributed by atoms with Gasteiger partial charge in [-0.05, 0) is 18.2 Å². The van der Waals surface area contributed by atoms with Gasteiger partial charge in [-0.3, -0.25) is 9.69 Å². The summed E-state index contributed by atoms with van der Waals surface area (Å²) in [5, 5.41) is 11.5. The first-order valence-corrected chi connectivity index (χ1v) is 5.90. The first kappa shape index (κ1) is 13.2. The van der Waals surface area contributed by atoms with Crippen molar-refractivity contribution in [3.8, 4) is 11.8 Å². The topological polar surface area (TPSA) is 82.4 Å². The van der Waals surface area contributed by atoms with Crippen LogP contribution in [0.15, 0.2) is 18.2 Å². The molecular formula is C12H10ClN3O3. The lowest BCUT2D eigenvalue weighted by atomic mass is 10.2. The van der Waals surface area contributed by atoms with Crippen molar-refractivity contribution in [3.63, 3.8) is 0 Å². The van der Waals surface area contributed by atoms with E-state index in [-0.39, 0.29) is 11.6 Å². The molecule has 0 spiro atoms. The lowest BCUT2D eigenvalue weighted by molar-refractivity contribution is -0.129. The quantitative estimate of drug-likeness (QED) is 0.899. The number of imide groups is 1. The summed E-state index contributed by atoms with van der Waals surface area (Å²) in [6.45, 7) is 0.503. The summed E-state index contributed by atoms with van der Waals surface area (Å²) < 4.78 is 5.25. The highest BCUT2D eigenvalue weighted by Gasteiger charge is 2.26. The van der Waals surface area contributed by atoms with Crippen molar-refractivity contribution in [1.82, 2.24) is 10.2 Å². The van der Waals surface area contributed by atoms with Crippen LogP contribution in [0.25, 0.3) is 0 Å². The lowest BCUT2D eigenvalue weighted by Gasteiger charge is -2.13. The standard InChI is InChI=1S/C12H10ClN3O3/c13-9-5-8(6-14)1-2-10(9)19-7-11(17)16-4-3-15-12(16)18/h1-2,5H,3-4,7H2,(H,15,18). The smallest absolute Gasteiger partial charge is 0.324 e. The van der Waals surface area contributed by atoms with Gasteiger partial charge in [-0.2, -0.15) is 5.26 Å². The van der Waals surface area contributed by atoms with Crippen molar-refractivity contribution >= 4 is 23.5 Å². The summed E-state index contributed by atoms with van der Waals surface area (Å²) in [5.41, 5.74) is 0.405. The Bertz CT molecular complexity index is 568. The summed E-state index contributed by atoms with van der Waals surface area (Å²) >= 11 is 5.90. The fourth-order valence-corrected chi connectivity index (χ4v) is 1.85. The fourth-order valence-electron chi connectivity index (χ4n) is 1.61. The highest BCUT2D eigenvalue weighted by atomic mass is 35.5. The molecule has 0 bridgehead atoms. The summed E-state index contributed by atoms with van der Waals surface area (Å²) in [7, 11) is 0. The van der Waals surface area contributed by atoms with E-state index in [9.17, 15) is 9.59 Å². The molecule has 1 heterocycles. The van der Waals surface area contributed by atoms with Crippen molar-refractivity contribution in [3.05, 3.63) is 28.8 Å². The van der Waals surface area contributed by atoms with Crippen LogP contribution in [0.2, 0.25) is 5.02 Å². The number of rotatable bonds is 3. The molecule has 1 aromatic rings. The number of carbonyl (C=O) groups excluding carboxylic acids is 2. The van der Waals surface area contributed by atoms with Crippen molar-refractivity contribution in [2.75, 3.05) is 19.7 Å². The van der Waals surface area contributed by atoms with Gasteiger partial charge in [-0.25, -0.2) is 4.79 Å². The molecule has 19 heavy (non-hydrogen) atoms. The van der Waals surface area contributed by atoms with Gasteiger partial charge in [-0.15, -0.1) is 0 Å². The van der Waals surface area contributed by atoms with Crippen LogP contribution >= 0.6 is 11.6 Å². The average molecular weight is 280 g/mol. The molecule has 6 nitrogen and oxygen atoms in total. The third-order valence-electron chi connectivity index (χ3n) is 2.57. The Morgan fingerprint density at radius 3 is 2.95 bits per heavy atom. The second-order valence-corrected chi connectivity index (χ2v) is 4.23. The van der Waals surface area contributed by atoms with E-state index in [1.807, 2.05) is 6.07 Å². The molecule has 3 amide bonds. The molecule has 7 heteroatoms. The van der Waals surface area contributed by atoms with Crippen LogP contribution in [0.5, 0.6) is 5.75 Å². The Morgan fingerprint density at radius 2 is 2.37 bits per heavy atom. The van der Waals surface area contributed by atoms with Gasteiger partial charge < -0.3 is 10.1 Å². The molecule has 0 unspecified atom stereocenters. The molecular weight excluding hydrogens is 270 g/mol. The molecule has 98 valence electrons. The van der Waals surface area contributed by atoms with Crippen molar-refractivity contribution in [2.45, 2.75) is 0 Å². The van der Waals surface area contributed by atoms with Crippen LogP contribution in [0, 0.1) is 11.3 Å². The Balaban J connectivity index is 1.97. The lowest BCUT2D eigenvalue weighted by Crippen LogP contribution is -2.37. The third kappa shape index (κ3) is 2.95. The summed E-state index contributed by atoms with van der Waals surface area (Å²) in [6.07, 6.45) is 0. The van der Waals surface area contributed by atoms with Gasteiger partial charge in [0.15, 0.2) is 6.61 Å². The minimum Gasteiger partial charge on any atom is -0.482 e. The second-order valence-electron chi connectivity index (χ2n) is 3.82. The van der Waals surface area contributed by atoms with E-state index < -0.39 is 11.9 Å². The summed E-state index contributed by atoms with van der Waals surface area (Å²) in [5.74, 6) is -0.135. The monoisotopic (exact) mass is 279 g/mol. The van der Waals surface area contributed by atoms with Crippen LogP contribution in [-0.4, -0.2) is 36.5 Å². The van der Waals surface area contributed by atoms with E-state index in [0.717, 1.165) is 4.90 Å². The molecule has 0 saturated carbocycles. The number of nitrogens with one attached hydrogen (secondary N) is 1. The average Bonchev–Trinajstić information content (AvgIpc) is 2.83. The molecule has 0 aliphatic carbocycles. The van der Waals surface area contributed by atoms with Gasteiger partial charge >= 0.3 is 6.03 Å². The molecule has 1 fully saturated rings. The van der Waals surface area contributed by atoms with Gasteiger partial charge in [0.25, 0.3) is 5.91 Å². The van der Waals surface area contributed by atoms with Crippen molar-refractivity contribution in [1.29, 1.82) is 5.26 Å². The number of urea groups is 1. The Morgan fingerprint density at radius 1 is 1.58 bits per heavy atom. The van der Waals surface area contributed by atoms with Gasteiger partial charge in [0.2, 0.25) is 0 Å². The largest absolute Gasteiger partial charge is 0.482 e. The number of hydrogen-bond donors (Lipinski definition) is 1. The Hall–Kier alpha value is -2.26. The summed E-state index contributed by atoms with van der Waals surface area (Å²) in [4.78, 5) is 24.0. The highest BCUT2D eigenvalue weighted by molar-refractivity contribution is 6.32. The minimum atomic E-state index is -0.435. The number of nitriles is 1. The first-order valence-electron chi connectivity index (χ1n) is 5.52. The number of nitrogens with zero attached hydrogens (tertiary/aromatic N) is 2. The molecule has 0 aromatic heterocycles. The highest BCUT2D eigenvalue weighted by Crippen LogP contribution is 2.25. The van der Waals surface area contributed by atoms with E-state index in [0.29, 0.717) is 24.4 Å². The SMILES string of the molecule is N#Cc1ccc(OCC(=O)N2CCNC2=O)c(Cl)c1. The molecule has 1 aliphatic rings. The van der Waals surface area contributed by atoms with Crippen LogP contribution in [0.4, 0.5) is 4.79 Å². The number of hydrogen-bond acceptors (Lipinski definition) is 4. The van der Waals surface area contributed by atoms with Crippen LogP contribution in [0.3, 0.4) is 0 Å². The Labute approximate surface area is 114 Å². The number of carbonyl (C=O) groups is 2. The van der Waals surface area contributed by atoms with E-state index in [4.69, 9.17) is 21.6 Å². The predicted molar refractivity (Wildman–Crippen MR) is 66.8 cm³/mol. The number of halogens is 1. The van der Waals surface area contributed by atoms with Crippen molar-refractivity contribution in [2.24, 2.45) is 0 Å². The number of benzene rings is 1. The van der Waals surface area contributed by atoms with Gasteiger partial charge in [0.1, 0.15) is 5.75 Å². The zero-order valence-corrected chi connectivity index (χ0v) is 10.6. The van der Waals surface area contributed by atoms with Crippen molar-refractivity contribution < 1.29 is 14.3 Å². The summed E-state index contributed by atoms with van der Waals surface area (Å²) in [6, 6.07) is 6.02. The zero-order valence-electron chi connectivity index (χ0n) is 9.85. The second kappa shape index (κ2) is 5.59. The molecule has 2 rings (SSSR count). The number of ether oxygens (including phenoxy) is 1. The van der Waals surface area contributed by atoms with Gasteiger partial charge in [0.05, 0.1) is 16.7 Å². The normalized spacial score (nSPS) is 13.9. The molecule has 1 saturated heterocycles. The van der Waals surface area contributed by atoms with E-state index in [1.54, 1.807) is 0 Å². The van der Waals surface area contributed by atoms with Crippen LogP contribution in [-0.2, 0) is 4.79 Å². The van der Waals surface area contributed by atoms with E-state index in [2.05, 4.69) is 5.32 Å². The molecule has 1 aliphatic heterocycles. The molecule has 0 radical (unpaired) electrons. The zero-order chi connectivity index (χ0) is 13.8. The van der Waals surface area contributed by atoms with E-state index in [1.165, 1.54) is 18.2 Å². The predicted octanol–water partition coefficient (Wildman–Crippen LogP) is 1.14. The van der Waals surface area contributed by atoms with Gasteiger partial charge in [0, 0.05) is 13.1 Å². The Kier molecular flexibility index (Phi) is 3.88. The molecule has 0 atom stereocenters. The maximum atomic E-state index is 11.7. The van der Waals surface area contributed by atoms with Gasteiger partial charge in [-0.1, -0.05) is 11.6 Å².